The smallest absolute Gasteiger partial charge is 0.339 e. The molecule has 2 aromatic carbocycles. The largest absolute Gasteiger partial charge is 0.465 e. The summed E-state index contributed by atoms with van der Waals surface area (Å²) >= 11 is 6.44. The minimum Gasteiger partial charge on any atom is -0.465 e. The zero-order valence-electron chi connectivity index (χ0n) is 16.2. The predicted octanol–water partition coefficient (Wildman–Crippen LogP) is 4.42. The van der Waals surface area contributed by atoms with Crippen LogP contribution in [0.3, 0.4) is 0 Å². The fourth-order valence-corrected chi connectivity index (χ4v) is 3.42. The Balaban J connectivity index is 1.73. The number of imidazole rings is 1. The lowest BCUT2D eigenvalue weighted by Crippen LogP contribution is -2.16. The van der Waals surface area contributed by atoms with E-state index in [4.69, 9.17) is 16.3 Å². The number of aromatic nitrogens is 3. The lowest BCUT2D eigenvalue weighted by Gasteiger charge is -2.12. The Bertz CT molecular complexity index is 1280. The molecule has 0 atom stereocenters. The third kappa shape index (κ3) is 3.51. The number of para-hydroxylation sites is 1. The fourth-order valence-electron chi connectivity index (χ4n) is 3.21. The number of halogens is 1. The lowest BCUT2D eigenvalue weighted by molar-refractivity contribution is 0.0602. The molecule has 0 spiro atoms. The number of hydrogen-bond acceptors (Lipinski definition) is 5. The van der Waals surface area contributed by atoms with E-state index in [2.05, 4.69) is 15.3 Å². The lowest BCUT2D eigenvalue weighted by atomic mass is 10.1. The van der Waals surface area contributed by atoms with Gasteiger partial charge in [-0.15, -0.1) is 0 Å². The number of nitrogens with zero attached hydrogens (tertiary/aromatic N) is 3. The SMILES string of the molecule is COC(=O)c1ccccc1NC(=O)c1ccc(Cl)c(-n2c(C)nc3cccnc32)c1. The van der Waals surface area contributed by atoms with Crippen LogP contribution in [0.15, 0.2) is 60.8 Å². The molecule has 7 nitrogen and oxygen atoms in total. The van der Waals surface area contributed by atoms with Crippen molar-refractivity contribution in [3.8, 4) is 5.69 Å². The van der Waals surface area contributed by atoms with Crippen LogP contribution in [0.1, 0.15) is 26.5 Å². The van der Waals surface area contributed by atoms with E-state index in [9.17, 15) is 9.59 Å². The molecule has 0 unspecified atom stereocenters. The summed E-state index contributed by atoms with van der Waals surface area (Å²) in [6, 6.07) is 15.2. The Kier molecular flexibility index (Phi) is 5.20. The van der Waals surface area contributed by atoms with Crippen molar-refractivity contribution in [3.63, 3.8) is 0 Å². The van der Waals surface area contributed by atoms with Crippen molar-refractivity contribution in [1.29, 1.82) is 0 Å². The van der Waals surface area contributed by atoms with E-state index in [1.807, 2.05) is 19.1 Å². The van der Waals surface area contributed by atoms with E-state index in [-0.39, 0.29) is 11.5 Å². The number of pyridine rings is 1. The summed E-state index contributed by atoms with van der Waals surface area (Å²) in [4.78, 5) is 33.8. The number of hydrogen-bond donors (Lipinski definition) is 1. The molecule has 150 valence electrons. The molecule has 0 saturated carbocycles. The molecule has 0 aliphatic rings. The summed E-state index contributed by atoms with van der Waals surface area (Å²) < 4.78 is 6.58. The van der Waals surface area contributed by atoms with Gasteiger partial charge in [0.05, 0.1) is 29.1 Å². The normalized spacial score (nSPS) is 10.8. The minimum atomic E-state index is -0.533. The number of carbonyl (C=O) groups is 2. The van der Waals surface area contributed by atoms with E-state index >= 15 is 0 Å². The molecule has 30 heavy (non-hydrogen) atoms. The number of aryl methyl sites for hydroxylation is 1. The van der Waals surface area contributed by atoms with Crippen molar-refractivity contribution in [2.45, 2.75) is 6.92 Å². The molecular formula is C22H17ClN4O3. The molecule has 0 aliphatic heterocycles. The van der Waals surface area contributed by atoms with Gasteiger partial charge in [-0.2, -0.15) is 0 Å². The van der Waals surface area contributed by atoms with E-state index in [0.29, 0.717) is 33.4 Å². The number of amides is 1. The Hall–Kier alpha value is -3.71. The monoisotopic (exact) mass is 420 g/mol. The maximum Gasteiger partial charge on any atom is 0.339 e. The molecule has 1 amide bonds. The maximum absolute atomic E-state index is 12.9. The predicted molar refractivity (Wildman–Crippen MR) is 114 cm³/mol. The highest BCUT2D eigenvalue weighted by Gasteiger charge is 2.18. The zero-order valence-corrected chi connectivity index (χ0v) is 17.0. The van der Waals surface area contributed by atoms with Crippen molar-refractivity contribution in [1.82, 2.24) is 14.5 Å². The topological polar surface area (TPSA) is 86.1 Å². The van der Waals surface area contributed by atoms with Gasteiger partial charge in [-0.05, 0) is 49.4 Å². The summed E-state index contributed by atoms with van der Waals surface area (Å²) in [5, 5.41) is 3.22. The third-order valence-corrected chi connectivity index (χ3v) is 4.93. The second-order valence-corrected chi connectivity index (χ2v) is 6.91. The first kappa shape index (κ1) is 19.6. The second kappa shape index (κ2) is 7.96. The average Bonchev–Trinajstić information content (AvgIpc) is 3.09. The molecule has 0 fully saturated rings. The highest BCUT2D eigenvalue weighted by molar-refractivity contribution is 6.32. The van der Waals surface area contributed by atoms with Crippen molar-refractivity contribution in [2.24, 2.45) is 0 Å². The Morgan fingerprint density at radius 2 is 1.90 bits per heavy atom. The van der Waals surface area contributed by atoms with Gasteiger partial charge in [-0.3, -0.25) is 9.36 Å². The molecule has 2 aromatic heterocycles. The summed E-state index contributed by atoms with van der Waals surface area (Å²) in [5.74, 6) is -0.229. The van der Waals surface area contributed by atoms with Crippen molar-refractivity contribution < 1.29 is 14.3 Å². The number of nitrogens with one attached hydrogen (secondary N) is 1. The molecule has 0 bridgehead atoms. The Morgan fingerprint density at radius 3 is 2.70 bits per heavy atom. The van der Waals surface area contributed by atoms with Crippen LogP contribution in [-0.4, -0.2) is 33.5 Å². The summed E-state index contributed by atoms with van der Waals surface area (Å²) in [5.41, 5.74) is 2.95. The number of esters is 1. The van der Waals surface area contributed by atoms with Crippen molar-refractivity contribution in [3.05, 3.63) is 82.8 Å². The van der Waals surface area contributed by atoms with Crippen molar-refractivity contribution in [2.75, 3.05) is 12.4 Å². The first-order valence-corrected chi connectivity index (χ1v) is 9.46. The molecule has 4 aromatic rings. The maximum atomic E-state index is 12.9. The van der Waals surface area contributed by atoms with Crippen molar-refractivity contribution >= 4 is 40.3 Å². The number of rotatable bonds is 4. The number of benzene rings is 2. The van der Waals surface area contributed by atoms with Gasteiger partial charge in [0.15, 0.2) is 5.65 Å². The summed E-state index contributed by atoms with van der Waals surface area (Å²) in [6.45, 7) is 1.84. The van der Waals surface area contributed by atoms with E-state index in [1.165, 1.54) is 7.11 Å². The molecule has 4 rings (SSSR count). The number of fused-ring (bicyclic) bond motifs is 1. The highest BCUT2D eigenvalue weighted by Crippen LogP contribution is 2.27. The highest BCUT2D eigenvalue weighted by atomic mass is 35.5. The number of methoxy groups -OCH3 is 1. The molecule has 8 heteroatoms. The van der Waals surface area contributed by atoms with Gasteiger partial charge >= 0.3 is 5.97 Å². The van der Waals surface area contributed by atoms with Gasteiger partial charge in [-0.25, -0.2) is 14.8 Å². The molecule has 0 radical (unpaired) electrons. The third-order valence-electron chi connectivity index (χ3n) is 4.61. The number of carbonyl (C=O) groups excluding carboxylic acids is 2. The first-order chi connectivity index (χ1) is 14.5. The van der Waals surface area contributed by atoms with E-state index in [0.717, 1.165) is 5.52 Å². The number of ether oxygens (including phenoxy) is 1. The van der Waals surface area contributed by atoms with Crippen LogP contribution in [0, 0.1) is 6.92 Å². The Morgan fingerprint density at radius 1 is 1.10 bits per heavy atom. The molecule has 0 aliphatic carbocycles. The van der Waals surface area contributed by atoms with Crippen LogP contribution in [0.25, 0.3) is 16.9 Å². The van der Waals surface area contributed by atoms with Gasteiger partial charge in [0, 0.05) is 11.8 Å². The summed E-state index contributed by atoms with van der Waals surface area (Å²) in [7, 11) is 1.29. The quantitative estimate of drug-likeness (QED) is 0.494. The molecule has 1 N–H and O–H groups in total. The van der Waals surface area contributed by atoms with E-state index < -0.39 is 5.97 Å². The van der Waals surface area contributed by atoms with Crippen LogP contribution in [0.4, 0.5) is 5.69 Å². The van der Waals surface area contributed by atoms with Gasteiger partial charge in [0.1, 0.15) is 11.3 Å². The molecular weight excluding hydrogens is 404 g/mol. The van der Waals surface area contributed by atoms with Crippen LogP contribution in [-0.2, 0) is 4.74 Å². The van der Waals surface area contributed by atoms with Crippen LogP contribution in [0.2, 0.25) is 5.02 Å². The average molecular weight is 421 g/mol. The van der Waals surface area contributed by atoms with Crippen LogP contribution >= 0.6 is 11.6 Å². The van der Waals surface area contributed by atoms with Crippen LogP contribution in [0.5, 0.6) is 0 Å². The van der Waals surface area contributed by atoms with Crippen LogP contribution < -0.4 is 5.32 Å². The fraction of sp³-hybridized carbons (Fsp3) is 0.0909. The second-order valence-electron chi connectivity index (χ2n) is 6.50. The summed E-state index contributed by atoms with van der Waals surface area (Å²) in [6.07, 6.45) is 1.67. The Labute approximate surface area is 177 Å². The van der Waals surface area contributed by atoms with E-state index in [1.54, 1.807) is 53.2 Å². The van der Waals surface area contributed by atoms with Gasteiger partial charge < -0.3 is 10.1 Å². The standard InChI is InChI=1S/C22H17ClN4O3/c1-13-25-18-8-5-11-24-20(18)27(13)19-12-14(9-10-16(19)23)21(28)26-17-7-4-3-6-15(17)22(29)30-2/h3-12H,1-2H3,(H,26,28). The minimum absolute atomic E-state index is 0.267. The number of anilines is 1. The molecule has 0 saturated heterocycles. The van der Waals surface area contributed by atoms with Gasteiger partial charge in [-0.1, -0.05) is 23.7 Å². The molecule has 2 heterocycles. The van der Waals surface area contributed by atoms with Gasteiger partial charge in [0.25, 0.3) is 5.91 Å². The van der Waals surface area contributed by atoms with Gasteiger partial charge in [0.2, 0.25) is 0 Å². The zero-order chi connectivity index (χ0) is 21.3. The first-order valence-electron chi connectivity index (χ1n) is 9.08.